The normalized spacial score (nSPS) is 25.3. The highest BCUT2D eigenvalue weighted by Gasteiger charge is 2.38. The fraction of sp³-hybridized carbons (Fsp3) is 0.391. The largest absolute Gasteiger partial charge is 0.367 e. The van der Waals surface area contributed by atoms with Crippen molar-refractivity contribution in [2.45, 2.75) is 31.8 Å². The highest BCUT2D eigenvalue weighted by molar-refractivity contribution is 7.08. The van der Waals surface area contributed by atoms with E-state index in [0.29, 0.717) is 23.9 Å². The molecule has 2 aromatic rings. The fourth-order valence-corrected chi connectivity index (χ4v) is 5.26. The minimum atomic E-state index is -0.755. The van der Waals surface area contributed by atoms with Crippen LogP contribution in [0.5, 0.6) is 0 Å². The number of halogens is 2. The highest BCUT2D eigenvalue weighted by atomic mass is 35.5. The van der Waals surface area contributed by atoms with Crippen molar-refractivity contribution >= 4 is 40.0 Å². The maximum absolute atomic E-state index is 14.6. The van der Waals surface area contributed by atoms with Gasteiger partial charge in [-0.05, 0) is 43.2 Å². The summed E-state index contributed by atoms with van der Waals surface area (Å²) in [6, 6.07) is 1.94. The molecule has 34 heavy (non-hydrogen) atoms. The van der Waals surface area contributed by atoms with Crippen molar-refractivity contribution in [2.24, 2.45) is 5.92 Å². The Labute approximate surface area is 206 Å². The Morgan fingerprint density at radius 2 is 2.26 bits per heavy atom. The summed E-state index contributed by atoms with van der Waals surface area (Å²) in [6.07, 6.45) is 7.79. The van der Waals surface area contributed by atoms with Gasteiger partial charge >= 0.3 is 0 Å². The molecule has 3 aliphatic heterocycles. The van der Waals surface area contributed by atoms with Crippen LogP contribution < -0.4 is 21.3 Å². The number of nitrogens with one attached hydrogen (secondary N) is 4. The average molecular weight is 504 g/mol. The first-order chi connectivity index (χ1) is 16.4. The van der Waals surface area contributed by atoms with Crippen LogP contribution in [-0.4, -0.2) is 51.6 Å². The smallest absolute Gasteiger partial charge is 0.184 e. The number of aliphatic hydroxyl groups is 1. The number of hydrogen-bond acceptors (Lipinski definition) is 9. The summed E-state index contributed by atoms with van der Waals surface area (Å²) in [7, 11) is 0. The Hall–Kier alpha value is -2.66. The van der Waals surface area contributed by atoms with Crippen LogP contribution >= 0.6 is 22.9 Å². The molecule has 3 aliphatic rings. The van der Waals surface area contributed by atoms with E-state index < -0.39 is 17.8 Å². The molecule has 11 heteroatoms. The Kier molecular flexibility index (Phi) is 6.48. The Morgan fingerprint density at radius 3 is 3.09 bits per heavy atom. The third-order valence-corrected chi connectivity index (χ3v) is 7.27. The summed E-state index contributed by atoms with van der Waals surface area (Å²) in [5.41, 5.74) is 2.05. The number of hydrogen-bond donors (Lipinski definition) is 5. The third-order valence-electron chi connectivity index (χ3n) is 6.37. The van der Waals surface area contributed by atoms with Gasteiger partial charge < -0.3 is 26.4 Å². The molecule has 1 saturated heterocycles. The highest BCUT2D eigenvalue weighted by Crippen LogP contribution is 2.37. The third kappa shape index (κ3) is 4.76. The Morgan fingerprint density at radius 1 is 1.41 bits per heavy atom. The lowest BCUT2D eigenvalue weighted by atomic mass is 9.95. The maximum atomic E-state index is 14.6. The molecule has 0 aromatic carbocycles. The van der Waals surface area contributed by atoms with Crippen molar-refractivity contribution in [2.75, 3.05) is 30.3 Å². The van der Waals surface area contributed by atoms with Gasteiger partial charge in [0, 0.05) is 54.2 Å². The zero-order chi connectivity index (χ0) is 23.7. The van der Waals surface area contributed by atoms with Gasteiger partial charge in [0.05, 0.1) is 11.2 Å². The molecule has 5 rings (SSSR count). The van der Waals surface area contributed by atoms with E-state index >= 15 is 0 Å². The summed E-state index contributed by atoms with van der Waals surface area (Å²) in [5, 5.41) is 27.9. The number of thiophene rings is 1. The second-order valence-corrected chi connectivity index (χ2v) is 10.1. The van der Waals surface area contributed by atoms with E-state index in [1.807, 2.05) is 40.9 Å². The van der Waals surface area contributed by atoms with E-state index in [1.54, 1.807) is 17.5 Å². The van der Waals surface area contributed by atoms with E-state index in [1.165, 1.54) is 6.20 Å². The Bertz CT molecular complexity index is 1140. The molecule has 5 heterocycles. The van der Waals surface area contributed by atoms with Crippen LogP contribution in [0.1, 0.15) is 25.6 Å². The van der Waals surface area contributed by atoms with Gasteiger partial charge in [-0.25, -0.2) is 14.4 Å². The van der Waals surface area contributed by atoms with Crippen LogP contribution in [0.25, 0.3) is 5.57 Å². The van der Waals surface area contributed by atoms with Crippen LogP contribution in [-0.2, 0) is 0 Å². The number of anilines is 2. The lowest BCUT2D eigenvalue weighted by Gasteiger charge is -2.36. The molecule has 2 aromatic heterocycles. The van der Waals surface area contributed by atoms with Crippen LogP contribution in [0.3, 0.4) is 0 Å². The van der Waals surface area contributed by atoms with E-state index in [-0.39, 0.29) is 11.7 Å². The van der Waals surface area contributed by atoms with E-state index in [0.717, 1.165) is 36.2 Å². The first-order valence-electron chi connectivity index (χ1n) is 11.2. The monoisotopic (exact) mass is 503 g/mol. The minimum Gasteiger partial charge on any atom is -0.367 e. The maximum Gasteiger partial charge on any atom is 0.184 e. The Balaban J connectivity index is 1.24. The SMILES string of the molecule is CC12NC=C(Cl)C=C1C(c1ncc(F)c(NCC3CCCN(C(O)Nc4ccsc4)C3)n1)=CN2. The van der Waals surface area contributed by atoms with Gasteiger partial charge in [0.1, 0.15) is 5.66 Å². The van der Waals surface area contributed by atoms with Crippen molar-refractivity contribution in [3.8, 4) is 0 Å². The van der Waals surface area contributed by atoms with E-state index in [4.69, 9.17) is 11.6 Å². The predicted molar refractivity (Wildman–Crippen MR) is 133 cm³/mol. The van der Waals surface area contributed by atoms with E-state index in [9.17, 15) is 9.50 Å². The number of likely N-dealkylation sites (tertiary alicyclic amines) is 1. The summed E-state index contributed by atoms with van der Waals surface area (Å²) in [6.45, 7) is 4.03. The van der Waals surface area contributed by atoms with Crippen molar-refractivity contribution in [3.05, 3.63) is 63.7 Å². The van der Waals surface area contributed by atoms with Crippen LogP contribution in [0, 0.1) is 11.7 Å². The number of aliphatic hydroxyl groups excluding tert-OH is 1. The predicted octanol–water partition coefficient (Wildman–Crippen LogP) is 3.46. The van der Waals surface area contributed by atoms with Crippen LogP contribution in [0.15, 0.2) is 52.1 Å². The van der Waals surface area contributed by atoms with Gasteiger partial charge in [-0.2, -0.15) is 11.3 Å². The summed E-state index contributed by atoms with van der Waals surface area (Å²) in [5.74, 6) is 0.327. The van der Waals surface area contributed by atoms with Crippen molar-refractivity contribution in [1.29, 1.82) is 0 Å². The molecular weight excluding hydrogens is 477 g/mol. The number of allylic oxidation sites excluding steroid dienone is 2. The van der Waals surface area contributed by atoms with Gasteiger partial charge in [0.25, 0.3) is 0 Å². The van der Waals surface area contributed by atoms with Gasteiger partial charge in [-0.3, -0.25) is 4.90 Å². The lowest BCUT2D eigenvalue weighted by molar-refractivity contribution is -0.000165. The molecule has 180 valence electrons. The molecular formula is C23H27ClFN7OS. The number of piperidine rings is 1. The first kappa shape index (κ1) is 23.1. The number of fused-ring (bicyclic) bond motifs is 1. The molecule has 0 radical (unpaired) electrons. The number of dihydropyridines is 1. The molecule has 5 N–H and O–H groups in total. The van der Waals surface area contributed by atoms with Crippen molar-refractivity contribution in [3.63, 3.8) is 0 Å². The van der Waals surface area contributed by atoms with Crippen molar-refractivity contribution in [1.82, 2.24) is 25.5 Å². The second-order valence-electron chi connectivity index (χ2n) is 8.86. The van der Waals surface area contributed by atoms with Gasteiger partial charge in [0.15, 0.2) is 23.8 Å². The quantitative estimate of drug-likeness (QED) is 0.367. The molecule has 8 nitrogen and oxygen atoms in total. The summed E-state index contributed by atoms with van der Waals surface area (Å²) >= 11 is 7.77. The number of aromatic nitrogens is 2. The molecule has 0 spiro atoms. The zero-order valence-corrected chi connectivity index (χ0v) is 20.3. The molecule has 3 atom stereocenters. The molecule has 0 bridgehead atoms. The van der Waals surface area contributed by atoms with Gasteiger partial charge in [-0.1, -0.05) is 11.6 Å². The molecule has 3 unspecified atom stereocenters. The summed E-state index contributed by atoms with van der Waals surface area (Å²) < 4.78 is 14.6. The standard InChI is InChI=1S/C23H27ClFN7OS/c1-23-18(7-15(24)9-28-23)17(10-29-23)20-27-11-19(25)21(31-20)26-8-14-3-2-5-32(12-14)22(33)30-16-4-6-34-13-16/h4,6-7,9-11,13-14,22,28-30,33H,2-3,5,8,12H2,1H3,(H,26,27,31). The lowest BCUT2D eigenvalue weighted by Crippen LogP contribution is -2.49. The molecule has 0 aliphatic carbocycles. The molecule has 0 saturated carbocycles. The van der Waals surface area contributed by atoms with Gasteiger partial charge in [-0.15, -0.1) is 0 Å². The van der Waals surface area contributed by atoms with Crippen LogP contribution in [0.2, 0.25) is 0 Å². The number of rotatable bonds is 7. The van der Waals surface area contributed by atoms with Gasteiger partial charge in [0.2, 0.25) is 0 Å². The summed E-state index contributed by atoms with van der Waals surface area (Å²) in [4.78, 5) is 10.7. The minimum absolute atomic E-state index is 0.166. The second kappa shape index (κ2) is 9.53. The average Bonchev–Trinajstić information content (AvgIpc) is 3.46. The van der Waals surface area contributed by atoms with Crippen molar-refractivity contribution < 1.29 is 9.50 Å². The zero-order valence-electron chi connectivity index (χ0n) is 18.7. The molecule has 1 fully saturated rings. The van der Waals surface area contributed by atoms with Crippen LogP contribution in [0.4, 0.5) is 15.9 Å². The topological polar surface area (TPSA) is 97.4 Å². The fourth-order valence-electron chi connectivity index (χ4n) is 4.50. The number of nitrogens with zero attached hydrogens (tertiary/aromatic N) is 3. The molecule has 0 amide bonds. The van der Waals surface area contributed by atoms with E-state index in [2.05, 4.69) is 31.2 Å². The first-order valence-corrected chi connectivity index (χ1v) is 12.5.